The summed E-state index contributed by atoms with van der Waals surface area (Å²) >= 11 is 3.42. The minimum atomic E-state index is -0.103. The Kier molecular flexibility index (Phi) is 3.97. The van der Waals surface area contributed by atoms with Gasteiger partial charge in [0.05, 0.1) is 12.2 Å². The first kappa shape index (κ1) is 12.3. The zero-order valence-electron chi connectivity index (χ0n) is 9.81. The summed E-state index contributed by atoms with van der Waals surface area (Å²) in [6.07, 6.45) is 4.95. The molecule has 0 radical (unpaired) electrons. The fourth-order valence-corrected chi connectivity index (χ4v) is 2.02. The Hall–Kier alpha value is -1.13. The molecule has 0 bridgehead atoms. The molecule has 0 aliphatic carbocycles. The maximum absolute atomic E-state index is 6.21. The van der Waals surface area contributed by atoms with Gasteiger partial charge in [0, 0.05) is 22.8 Å². The molecule has 0 saturated heterocycles. The van der Waals surface area contributed by atoms with Gasteiger partial charge in [0.15, 0.2) is 0 Å². The van der Waals surface area contributed by atoms with Crippen LogP contribution in [0.25, 0.3) is 0 Å². The van der Waals surface area contributed by atoms with Crippen LogP contribution in [0.2, 0.25) is 0 Å². The molecule has 1 aromatic heterocycles. The van der Waals surface area contributed by atoms with Gasteiger partial charge in [-0.1, -0.05) is 35.0 Å². The molecule has 2 aromatic rings. The normalized spacial score (nSPS) is 12.6. The Morgan fingerprint density at radius 2 is 2.00 bits per heavy atom. The Morgan fingerprint density at radius 3 is 2.65 bits per heavy atom. The topological polar surface area (TPSA) is 43.8 Å². The Labute approximate surface area is 110 Å². The summed E-state index contributed by atoms with van der Waals surface area (Å²) < 4.78 is 3.00. The second-order valence-corrected chi connectivity index (χ2v) is 4.98. The van der Waals surface area contributed by atoms with Crippen LogP contribution in [0.4, 0.5) is 0 Å². The van der Waals surface area contributed by atoms with Crippen LogP contribution in [-0.4, -0.2) is 9.78 Å². The average molecular weight is 294 g/mol. The molecule has 0 saturated carbocycles. The molecule has 0 spiro atoms. The molecule has 1 aromatic carbocycles. The van der Waals surface area contributed by atoms with Gasteiger partial charge >= 0.3 is 0 Å². The molecular formula is C13H16BrN3. The van der Waals surface area contributed by atoms with Crippen molar-refractivity contribution in [3.05, 3.63) is 52.3 Å². The van der Waals surface area contributed by atoms with Gasteiger partial charge in [-0.15, -0.1) is 0 Å². The largest absolute Gasteiger partial charge is 0.320 e. The van der Waals surface area contributed by atoms with E-state index in [9.17, 15) is 0 Å². The van der Waals surface area contributed by atoms with E-state index in [1.807, 2.05) is 41.3 Å². The van der Waals surface area contributed by atoms with Crippen LogP contribution in [0.3, 0.4) is 0 Å². The SMILES string of the molecule is CCCn1cc(C(N)c2ccc(Br)cc2)cn1. The van der Waals surface area contributed by atoms with Crippen LogP contribution < -0.4 is 5.73 Å². The van der Waals surface area contributed by atoms with Crippen molar-refractivity contribution in [2.45, 2.75) is 25.9 Å². The average Bonchev–Trinajstić information content (AvgIpc) is 2.78. The van der Waals surface area contributed by atoms with E-state index in [4.69, 9.17) is 5.73 Å². The molecular weight excluding hydrogens is 278 g/mol. The van der Waals surface area contributed by atoms with E-state index in [1.54, 1.807) is 0 Å². The molecule has 0 aliphatic rings. The van der Waals surface area contributed by atoms with Crippen LogP contribution in [-0.2, 0) is 6.54 Å². The smallest absolute Gasteiger partial charge is 0.0582 e. The molecule has 0 fully saturated rings. The summed E-state index contributed by atoms with van der Waals surface area (Å²) in [6.45, 7) is 3.07. The lowest BCUT2D eigenvalue weighted by Gasteiger charge is -2.09. The Morgan fingerprint density at radius 1 is 1.29 bits per heavy atom. The van der Waals surface area contributed by atoms with E-state index in [-0.39, 0.29) is 6.04 Å². The number of rotatable bonds is 4. The van der Waals surface area contributed by atoms with Crippen LogP contribution >= 0.6 is 15.9 Å². The van der Waals surface area contributed by atoms with Crippen LogP contribution in [0, 0.1) is 0 Å². The highest BCUT2D eigenvalue weighted by atomic mass is 79.9. The first-order valence-electron chi connectivity index (χ1n) is 5.74. The first-order chi connectivity index (χ1) is 8.20. The lowest BCUT2D eigenvalue weighted by atomic mass is 10.0. The van der Waals surface area contributed by atoms with Gasteiger partial charge in [0.2, 0.25) is 0 Å². The summed E-state index contributed by atoms with van der Waals surface area (Å²) in [7, 11) is 0. The fourth-order valence-electron chi connectivity index (χ4n) is 1.75. The molecule has 1 atom stereocenters. The van der Waals surface area contributed by atoms with E-state index in [2.05, 4.69) is 28.0 Å². The van der Waals surface area contributed by atoms with E-state index in [1.165, 1.54) is 0 Å². The zero-order valence-corrected chi connectivity index (χ0v) is 11.4. The highest BCUT2D eigenvalue weighted by Crippen LogP contribution is 2.21. The van der Waals surface area contributed by atoms with Crippen LogP contribution in [0.5, 0.6) is 0 Å². The third kappa shape index (κ3) is 2.96. The van der Waals surface area contributed by atoms with Crippen molar-refractivity contribution in [2.75, 3.05) is 0 Å². The highest BCUT2D eigenvalue weighted by Gasteiger charge is 2.10. The second kappa shape index (κ2) is 5.47. The Balaban J connectivity index is 2.18. The van der Waals surface area contributed by atoms with Crippen molar-refractivity contribution < 1.29 is 0 Å². The number of hydrogen-bond acceptors (Lipinski definition) is 2. The lowest BCUT2D eigenvalue weighted by Crippen LogP contribution is -2.10. The third-order valence-electron chi connectivity index (χ3n) is 2.69. The molecule has 90 valence electrons. The minimum Gasteiger partial charge on any atom is -0.320 e. The van der Waals surface area contributed by atoms with Gasteiger partial charge in [-0.05, 0) is 24.1 Å². The number of nitrogens with zero attached hydrogens (tertiary/aromatic N) is 2. The van der Waals surface area contributed by atoms with Gasteiger partial charge in [-0.2, -0.15) is 5.10 Å². The number of aromatic nitrogens is 2. The van der Waals surface area contributed by atoms with Gasteiger partial charge < -0.3 is 5.73 Å². The molecule has 3 nitrogen and oxygen atoms in total. The first-order valence-corrected chi connectivity index (χ1v) is 6.53. The van der Waals surface area contributed by atoms with E-state index in [0.717, 1.165) is 28.6 Å². The third-order valence-corrected chi connectivity index (χ3v) is 3.22. The minimum absolute atomic E-state index is 0.103. The lowest BCUT2D eigenvalue weighted by molar-refractivity contribution is 0.602. The molecule has 1 heterocycles. The van der Waals surface area contributed by atoms with Crippen molar-refractivity contribution in [3.8, 4) is 0 Å². The second-order valence-electron chi connectivity index (χ2n) is 4.07. The van der Waals surface area contributed by atoms with Gasteiger partial charge in [0.1, 0.15) is 0 Å². The quantitative estimate of drug-likeness (QED) is 0.941. The maximum atomic E-state index is 6.21. The predicted octanol–water partition coefficient (Wildman–Crippen LogP) is 3.10. The van der Waals surface area contributed by atoms with E-state index >= 15 is 0 Å². The van der Waals surface area contributed by atoms with Gasteiger partial charge in [-0.25, -0.2) is 0 Å². The fraction of sp³-hybridized carbons (Fsp3) is 0.308. The molecule has 2 N–H and O–H groups in total. The standard InChI is InChI=1S/C13H16BrN3/c1-2-7-17-9-11(8-16-17)13(15)10-3-5-12(14)6-4-10/h3-6,8-9,13H,2,7,15H2,1H3. The Bertz CT molecular complexity index is 476. The number of benzene rings is 1. The van der Waals surface area contributed by atoms with Crippen LogP contribution in [0.15, 0.2) is 41.1 Å². The number of halogens is 1. The van der Waals surface area contributed by atoms with E-state index < -0.39 is 0 Å². The predicted molar refractivity (Wildman–Crippen MR) is 72.7 cm³/mol. The van der Waals surface area contributed by atoms with Gasteiger partial charge in [0.25, 0.3) is 0 Å². The van der Waals surface area contributed by atoms with E-state index in [0.29, 0.717) is 0 Å². The number of nitrogens with two attached hydrogens (primary N) is 1. The monoisotopic (exact) mass is 293 g/mol. The van der Waals surface area contributed by atoms with Crippen molar-refractivity contribution >= 4 is 15.9 Å². The molecule has 0 aliphatic heterocycles. The summed E-state index contributed by atoms with van der Waals surface area (Å²) in [5.41, 5.74) is 8.36. The highest BCUT2D eigenvalue weighted by molar-refractivity contribution is 9.10. The molecule has 2 rings (SSSR count). The molecule has 1 unspecified atom stereocenters. The summed E-state index contributed by atoms with van der Waals surface area (Å²) in [5, 5.41) is 4.30. The molecule has 0 amide bonds. The van der Waals surface area contributed by atoms with Gasteiger partial charge in [-0.3, -0.25) is 4.68 Å². The van der Waals surface area contributed by atoms with Crippen molar-refractivity contribution in [3.63, 3.8) is 0 Å². The summed E-state index contributed by atoms with van der Waals surface area (Å²) in [6, 6.07) is 7.98. The number of hydrogen-bond donors (Lipinski definition) is 1. The summed E-state index contributed by atoms with van der Waals surface area (Å²) in [5.74, 6) is 0. The maximum Gasteiger partial charge on any atom is 0.0582 e. The number of aryl methyl sites for hydroxylation is 1. The van der Waals surface area contributed by atoms with Crippen molar-refractivity contribution in [2.24, 2.45) is 5.73 Å². The zero-order chi connectivity index (χ0) is 12.3. The van der Waals surface area contributed by atoms with Crippen LogP contribution in [0.1, 0.15) is 30.5 Å². The van der Waals surface area contributed by atoms with Crippen molar-refractivity contribution in [1.29, 1.82) is 0 Å². The molecule has 4 heteroatoms. The molecule has 17 heavy (non-hydrogen) atoms. The van der Waals surface area contributed by atoms with Crippen molar-refractivity contribution in [1.82, 2.24) is 9.78 Å². The summed E-state index contributed by atoms with van der Waals surface area (Å²) in [4.78, 5) is 0.